The van der Waals surface area contributed by atoms with Crippen LogP contribution < -0.4 is 16.4 Å². The Bertz CT molecular complexity index is 741. The smallest absolute Gasteiger partial charge is 0.133 e. The average molecular weight is 414 g/mol. The molecule has 30 heavy (non-hydrogen) atoms. The Hall–Kier alpha value is -2.64. The van der Waals surface area contributed by atoms with Gasteiger partial charge in [-0.05, 0) is 75.4 Å². The van der Waals surface area contributed by atoms with Crippen molar-refractivity contribution >= 4 is 12.5 Å². The largest absolute Gasteiger partial charge is 0.458 e. The van der Waals surface area contributed by atoms with Crippen molar-refractivity contribution in [1.82, 2.24) is 15.5 Å². The van der Waals surface area contributed by atoms with E-state index in [1.807, 2.05) is 50.6 Å². The third kappa shape index (κ3) is 8.00. The summed E-state index contributed by atoms with van der Waals surface area (Å²) in [5, 5.41) is 6.13. The van der Waals surface area contributed by atoms with Gasteiger partial charge in [-0.1, -0.05) is 6.92 Å². The van der Waals surface area contributed by atoms with E-state index in [1.165, 1.54) is 12.8 Å². The molecule has 0 amide bonds. The molecular weight excluding hydrogens is 378 g/mol. The second-order valence-corrected chi connectivity index (χ2v) is 7.54. The molecule has 0 aromatic rings. The zero-order chi connectivity index (χ0) is 21.8. The van der Waals surface area contributed by atoms with Gasteiger partial charge in [-0.15, -0.1) is 0 Å². The van der Waals surface area contributed by atoms with Crippen LogP contribution in [0.2, 0.25) is 0 Å². The molecule has 4 N–H and O–H groups in total. The number of ether oxygens (including phenoxy) is 1. The van der Waals surface area contributed by atoms with Crippen LogP contribution in [-0.2, 0) is 9.53 Å². The van der Waals surface area contributed by atoms with E-state index in [9.17, 15) is 4.79 Å². The molecular formula is C23H35N5O2. The second-order valence-electron chi connectivity index (χ2n) is 7.54. The van der Waals surface area contributed by atoms with Gasteiger partial charge in [0.1, 0.15) is 24.0 Å². The molecule has 3 aliphatic rings. The van der Waals surface area contributed by atoms with Crippen molar-refractivity contribution < 1.29 is 9.53 Å². The lowest BCUT2D eigenvalue weighted by Gasteiger charge is -2.28. The van der Waals surface area contributed by atoms with Crippen LogP contribution in [0.1, 0.15) is 26.2 Å². The fourth-order valence-corrected chi connectivity index (χ4v) is 3.21. The van der Waals surface area contributed by atoms with Crippen molar-refractivity contribution in [2.45, 2.75) is 32.4 Å². The summed E-state index contributed by atoms with van der Waals surface area (Å²) in [6, 6.07) is 0. The Morgan fingerprint density at radius 3 is 2.67 bits per heavy atom. The van der Waals surface area contributed by atoms with Gasteiger partial charge in [0.05, 0.1) is 12.2 Å². The quantitative estimate of drug-likeness (QED) is 0.579. The van der Waals surface area contributed by atoms with E-state index >= 15 is 0 Å². The van der Waals surface area contributed by atoms with Crippen LogP contribution in [0.5, 0.6) is 0 Å². The van der Waals surface area contributed by atoms with Crippen LogP contribution >= 0.6 is 0 Å². The third-order valence-electron chi connectivity index (χ3n) is 5.22. The molecule has 0 bridgehead atoms. The van der Waals surface area contributed by atoms with E-state index in [0.717, 1.165) is 48.2 Å². The van der Waals surface area contributed by atoms with E-state index in [4.69, 9.17) is 10.5 Å². The normalized spacial score (nSPS) is 22.3. The van der Waals surface area contributed by atoms with Crippen molar-refractivity contribution in [3.63, 3.8) is 0 Å². The number of piperidine rings is 1. The zero-order valence-electron chi connectivity index (χ0n) is 18.3. The van der Waals surface area contributed by atoms with Crippen LogP contribution in [-0.4, -0.2) is 57.3 Å². The summed E-state index contributed by atoms with van der Waals surface area (Å²) in [7, 11) is 3.71. The highest BCUT2D eigenvalue weighted by molar-refractivity contribution is 5.73. The minimum atomic E-state index is -0.0146. The zero-order valence-corrected chi connectivity index (χ0v) is 18.3. The van der Waals surface area contributed by atoms with Gasteiger partial charge in [-0.25, -0.2) is 0 Å². The van der Waals surface area contributed by atoms with Gasteiger partial charge in [0.25, 0.3) is 0 Å². The maximum atomic E-state index is 10.1. The first kappa shape index (κ1) is 23.6. The summed E-state index contributed by atoms with van der Waals surface area (Å²) in [5.74, 6) is 2.38. The van der Waals surface area contributed by atoms with Crippen molar-refractivity contribution in [2.75, 3.05) is 33.7 Å². The molecule has 1 atom stereocenters. The van der Waals surface area contributed by atoms with Crippen LogP contribution in [0.25, 0.3) is 0 Å². The fraction of sp³-hybridized carbons (Fsp3) is 0.478. The lowest BCUT2D eigenvalue weighted by molar-refractivity contribution is -0.109. The highest BCUT2D eigenvalue weighted by Crippen LogP contribution is 2.17. The lowest BCUT2D eigenvalue weighted by Crippen LogP contribution is -2.34. The Morgan fingerprint density at radius 2 is 2.00 bits per heavy atom. The van der Waals surface area contributed by atoms with Crippen LogP contribution in [0.4, 0.5) is 0 Å². The molecule has 1 saturated heterocycles. The first-order chi connectivity index (χ1) is 14.5. The highest BCUT2D eigenvalue weighted by atomic mass is 16.5. The summed E-state index contributed by atoms with van der Waals surface area (Å²) in [6.07, 6.45) is 17.4. The summed E-state index contributed by atoms with van der Waals surface area (Å²) in [5.41, 5.74) is 7.67. The topological polar surface area (TPSA) is 92.0 Å². The van der Waals surface area contributed by atoms with E-state index < -0.39 is 0 Å². The van der Waals surface area contributed by atoms with Crippen molar-refractivity contribution in [3.8, 4) is 0 Å². The Morgan fingerprint density at radius 1 is 1.23 bits per heavy atom. The summed E-state index contributed by atoms with van der Waals surface area (Å²) < 4.78 is 5.85. The minimum absolute atomic E-state index is 0.0146. The molecule has 0 spiro atoms. The minimum Gasteiger partial charge on any atom is -0.458 e. The number of aliphatic imine (C=N–C) groups is 1. The van der Waals surface area contributed by atoms with Gasteiger partial charge in [-0.2, -0.15) is 0 Å². The first-order valence-corrected chi connectivity index (χ1v) is 10.5. The summed E-state index contributed by atoms with van der Waals surface area (Å²) >= 11 is 0. The van der Waals surface area contributed by atoms with E-state index in [1.54, 1.807) is 6.21 Å². The van der Waals surface area contributed by atoms with E-state index in [2.05, 4.69) is 27.4 Å². The molecule has 0 radical (unpaired) electrons. The molecule has 3 rings (SSSR count). The standard InChI is InChI=1S/C15H20N4O.C8H15NO/c1-17-14-7-4-11(3-6-13(14)16)20-12-5-8-15(18-2)19-10-9-12;1-8-2-4-9(5-3-8)6-7-10/h3-5,7-10,15,17-18H,6,16H2,1-2H3;7-8H,2-6H2,1H3. The average Bonchev–Trinajstić information content (AvgIpc) is 3.09. The lowest BCUT2D eigenvalue weighted by atomic mass is 9.99. The molecule has 0 saturated carbocycles. The molecule has 7 heteroatoms. The van der Waals surface area contributed by atoms with Gasteiger partial charge in [0.2, 0.25) is 0 Å². The summed E-state index contributed by atoms with van der Waals surface area (Å²) in [4.78, 5) is 16.6. The molecule has 7 nitrogen and oxygen atoms in total. The number of rotatable bonds is 6. The molecule has 2 heterocycles. The molecule has 1 unspecified atom stereocenters. The van der Waals surface area contributed by atoms with Crippen LogP contribution in [0.3, 0.4) is 0 Å². The predicted octanol–water partition coefficient (Wildman–Crippen LogP) is 2.22. The van der Waals surface area contributed by atoms with Gasteiger partial charge < -0.3 is 20.6 Å². The highest BCUT2D eigenvalue weighted by Gasteiger charge is 2.14. The van der Waals surface area contributed by atoms with Gasteiger partial charge >= 0.3 is 0 Å². The van der Waals surface area contributed by atoms with Crippen molar-refractivity contribution in [3.05, 3.63) is 59.4 Å². The number of likely N-dealkylation sites (N-methyl/N-ethyl adjacent to an activating group) is 2. The monoisotopic (exact) mass is 413 g/mol. The number of nitrogens with zero attached hydrogens (tertiary/aromatic N) is 2. The molecule has 0 aromatic carbocycles. The number of carbonyl (C=O) groups is 1. The summed E-state index contributed by atoms with van der Waals surface area (Å²) in [6.45, 7) is 5.13. The predicted molar refractivity (Wildman–Crippen MR) is 123 cm³/mol. The second kappa shape index (κ2) is 12.8. The number of hydrogen-bond acceptors (Lipinski definition) is 7. The molecule has 2 aliphatic heterocycles. The Balaban J connectivity index is 0.000000269. The molecule has 0 aromatic heterocycles. The van der Waals surface area contributed by atoms with E-state index in [-0.39, 0.29) is 6.17 Å². The number of allylic oxidation sites excluding steroid dienone is 5. The van der Waals surface area contributed by atoms with Gasteiger partial charge in [0, 0.05) is 25.4 Å². The van der Waals surface area contributed by atoms with Crippen LogP contribution in [0, 0.1) is 5.92 Å². The third-order valence-corrected chi connectivity index (χ3v) is 5.22. The van der Waals surface area contributed by atoms with Crippen molar-refractivity contribution in [2.24, 2.45) is 16.6 Å². The number of nitrogens with two attached hydrogens (primary N) is 1. The van der Waals surface area contributed by atoms with Crippen molar-refractivity contribution in [1.29, 1.82) is 0 Å². The van der Waals surface area contributed by atoms with Gasteiger partial charge in [-0.3, -0.25) is 15.2 Å². The molecule has 164 valence electrons. The fourth-order valence-electron chi connectivity index (χ4n) is 3.21. The number of nitrogens with one attached hydrogen (secondary N) is 2. The van der Waals surface area contributed by atoms with Crippen LogP contribution in [0.15, 0.2) is 64.4 Å². The Labute approximate surface area is 180 Å². The Kier molecular flexibility index (Phi) is 10.1. The molecule has 1 aliphatic carbocycles. The maximum Gasteiger partial charge on any atom is 0.133 e. The molecule has 1 fully saturated rings. The number of hydrogen-bond donors (Lipinski definition) is 3. The maximum absolute atomic E-state index is 10.1. The first-order valence-electron chi connectivity index (χ1n) is 10.5. The number of carbonyl (C=O) groups excluding carboxylic acids is 1. The van der Waals surface area contributed by atoms with E-state index in [0.29, 0.717) is 13.0 Å². The van der Waals surface area contributed by atoms with Gasteiger partial charge in [0.15, 0.2) is 0 Å². The number of likely N-dealkylation sites (tertiary alicyclic amines) is 1. The number of aldehydes is 1. The SMILES string of the molecule is CC1CCN(CC=O)CC1.CNC1=C(N)CC=C(OC2=CC=NC(NC)C=C2)C=C1.